The van der Waals surface area contributed by atoms with E-state index in [2.05, 4.69) is 9.88 Å². The van der Waals surface area contributed by atoms with Crippen LogP contribution < -0.4 is 0 Å². The summed E-state index contributed by atoms with van der Waals surface area (Å²) in [6, 6.07) is 0. The van der Waals surface area contributed by atoms with Gasteiger partial charge in [-0.1, -0.05) is 0 Å². The van der Waals surface area contributed by atoms with Gasteiger partial charge in [-0.05, 0) is 40.2 Å². The highest BCUT2D eigenvalue weighted by molar-refractivity contribution is 5.69. The van der Waals surface area contributed by atoms with Gasteiger partial charge < -0.3 is 19.2 Å². The van der Waals surface area contributed by atoms with Crippen LogP contribution >= 0.6 is 0 Å². The van der Waals surface area contributed by atoms with Crippen molar-refractivity contribution in [1.29, 1.82) is 0 Å². The van der Waals surface area contributed by atoms with Crippen molar-refractivity contribution in [2.24, 2.45) is 0 Å². The smallest absolute Gasteiger partial charge is 0.410 e. The second kappa shape index (κ2) is 6.72. The van der Waals surface area contributed by atoms with Crippen LogP contribution in [-0.2, 0) is 11.3 Å². The zero-order valence-corrected chi connectivity index (χ0v) is 14.7. The fourth-order valence-corrected chi connectivity index (χ4v) is 3.24. The van der Waals surface area contributed by atoms with Crippen molar-refractivity contribution in [3.63, 3.8) is 0 Å². The van der Waals surface area contributed by atoms with E-state index in [1.54, 1.807) is 4.90 Å². The van der Waals surface area contributed by atoms with Crippen molar-refractivity contribution in [3.8, 4) is 0 Å². The molecule has 1 amide bonds. The highest BCUT2D eigenvalue weighted by atomic mass is 16.6. The van der Waals surface area contributed by atoms with Gasteiger partial charge in [0.15, 0.2) is 6.39 Å². The SMILES string of the molecule is CC(C)(C)OC(=O)N1CC(c2ocnc2CN2CCC[C@H](O)C2)C1. The molecule has 3 heterocycles. The van der Waals surface area contributed by atoms with Gasteiger partial charge in [0.05, 0.1) is 17.7 Å². The van der Waals surface area contributed by atoms with Crippen LogP contribution in [0.5, 0.6) is 0 Å². The van der Waals surface area contributed by atoms with Crippen molar-refractivity contribution >= 4 is 6.09 Å². The van der Waals surface area contributed by atoms with Crippen LogP contribution in [0.15, 0.2) is 10.8 Å². The van der Waals surface area contributed by atoms with Gasteiger partial charge in [-0.15, -0.1) is 0 Å². The molecular formula is C17H27N3O4. The Balaban J connectivity index is 1.54. The summed E-state index contributed by atoms with van der Waals surface area (Å²) in [5.74, 6) is 1.03. The van der Waals surface area contributed by atoms with E-state index in [4.69, 9.17) is 9.15 Å². The van der Waals surface area contributed by atoms with Crippen LogP contribution in [0.2, 0.25) is 0 Å². The Bertz CT molecular complexity index is 575. The summed E-state index contributed by atoms with van der Waals surface area (Å²) >= 11 is 0. The fraction of sp³-hybridized carbons (Fsp3) is 0.765. The first-order valence-electron chi connectivity index (χ1n) is 8.62. The summed E-state index contributed by atoms with van der Waals surface area (Å²) in [4.78, 5) is 20.3. The van der Waals surface area contributed by atoms with Gasteiger partial charge in [0, 0.05) is 26.2 Å². The number of aliphatic hydroxyl groups is 1. The summed E-state index contributed by atoms with van der Waals surface area (Å²) in [5.41, 5.74) is 0.437. The third kappa shape index (κ3) is 4.08. The van der Waals surface area contributed by atoms with Crippen LogP contribution in [0.3, 0.4) is 0 Å². The summed E-state index contributed by atoms with van der Waals surface area (Å²) in [6.07, 6.45) is 2.82. The summed E-state index contributed by atoms with van der Waals surface area (Å²) < 4.78 is 11.0. The molecule has 1 N–H and O–H groups in total. The molecule has 7 nitrogen and oxygen atoms in total. The van der Waals surface area contributed by atoms with E-state index >= 15 is 0 Å². The summed E-state index contributed by atoms with van der Waals surface area (Å²) in [5, 5.41) is 9.79. The number of oxazole rings is 1. The molecule has 2 fully saturated rings. The van der Waals surface area contributed by atoms with Crippen LogP contribution in [0.4, 0.5) is 4.79 Å². The maximum Gasteiger partial charge on any atom is 0.410 e. The number of carbonyl (C=O) groups is 1. The fourth-order valence-electron chi connectivity index (χ4n) is 3.24. The number of amides is 1. The first kappa shape index (κ1) is 17.2. The molecule has 3 rings (SSSR count). The minimum absolute atomic E-state index is 0.171. The van der Waals surface area contributed by atoms with Crippen molar-refractivity contribution in [1.82, 2.24) is 14.8 Å². The predicted octanol–water partition coefficient (Wildman–Crippen LogP) is 1.97. The van der Waals surface area contributed by atoms with Gasteiger partial charge in [0.2, 0.25) is 0 Å². The molecule has 1 atom stereocenters. The number of carbonyl (C=O) groups excluding carboxylic acids is 1. The Kier molecular flexibility index (Phi) is 4.83. The lowest BCUT2D eigenvalue weighted by atomic mass is 9.96. The molecule has 2 aliphatic rings. The molecule has 0 saturated carbocycles. The van der Waals surface area contributed by atoms with E-state index in [1.807, 2.05) is 20.8 Å². The van der Waals surface area contributed by atoms with Crippen molar-refractivity contribution < 1.29 is 19.1 Å². The number of nitrogens with zero attached hydrogens (tertiary/aromatic N) is 3. The third-order valence-electron chi connectivity index (χ3n) is 4.43. The number of piperidine rings is 1. The molecule has 7 heteroatoms. The lowest BCUT2D eigenvalue weighted by Crippen LogP contribution is -2.50. The quantitative estimate of drug-likeness (QED) is 0.908. The minimum atomic E-state index is -0.478. The number of β-amino-alcohol motifs (C(OH)–C–C–N with tert-alkyl or cyclic N) is 1. The van der Waals surface area contributed by atoms with Crippen LogP contribution in [0.1, 0.15) is 51.0 Å². The standard InChI is InChI=1S/C17H27N3O4/c1-17(2,3)24-16(22)20-7-12(8-20)15-14(18-11-23-15)10-19-6-4-5-13(21)9-19/h11-13,21H,4-10H2,1-3H3/t13-/m0/s1. The number of hydrogen-bond acceptors (Lipinski definition) is 6. The van der Waals surface area contributed by atoms with Gasteiger partial charge in [-0.3, -0.25) is 4.90 Å². The van der Waals surface area contributed by atoms with Gasteiger partial charge in [0.1, 0.15) is 11.4 Å². The molecule has 0 spiro atoms. The Morgan fingerprint density at radius 2 is 2.17 bits per heavy atom. The Morgan fingerprint density at radius 1 is 1.42 bits per heavy atom. The van der Waals surface area contributed by atoms with Gasteiger partial charge in [-0.2, -0.15) is 0 Å². The molecule has 2 aliphatic heterocycles. The molecule has 1 aromatic heterocycles. The summed E-state index contributed by atoms with van der Waals surface area (Å²) in [6.45, 7) is 9.13. The monoisotopic (exact) mass is 337 g/mol. The maximum absolute atomic E-state index is 12.0. The minimum Gasteiger partial charge on any atom is -0.448 e. The highest BCUT2D eigenvalue weighted by Gasteiger charge is 2.38. The van der Waals surface area contributed by atoms with Crippen molar-refractivity contribution in [2.45, 2.75) is 57.8 Å². The molecule has 0 unspecified atom stereocenters. The Hall–Kier alpha value is -1.60. The first-order valence-corrected chi connectivity index (χ1v) is 8.62. The molecule has 0 aliphatic carbocycles. The molecule has 0 radical (unpaired) electrons. The molecular weight excluding hydrogens is 310 g/mol. The number of aromatic nitrogens is 1. The lowest BCUT2D eigenvalue weighted by Gasteiger charge is -2.39. The number of hydrogen-bond donors (Lipinski definition) is 1. The van der Waals surface area contributed by atoms with E-state index in [-0.39, 0.29) is 18.1 Å². The Morgan fingerprint density at radius 3 is 2.83 bits per heavy atom. The van der Waals surface area contributed by atoms with Crippen LogP contribution in [0.25, 0.3) is 0 Å². The predicted molar refractivity (Wildman–Crippen MR) is 87.6 cm³/mol. The number of aliphatic hydroxyl groups excluding tert-OH is 1. The van der Waals surface area contributed by atoms with Crippen molar-refractivity contribution in [2.75, 3.05) is 26.2 Å². The van der Waals surface area contributed by atoms with E-state index < -0.39 is 5.60 Å². The van der Waals surface area contributed by atoms with Crippen molar-refractivity contribution in [3.05, 3.63) is 17.8 Å². The first-order chi connectivity index (χ1) is 11.3. The van der Waals surface area contributed by atoms with Gasteiger partial charge in [0.25, 0.3) is 0 Å². The zero-order chi connectivity index (χ0) is 17.3. The molecule has 0 bridgehead atoms. The van der Waals surface area contributed by atoms with Crippen LogP contribution in [0, 0.1) is 0 Å². The maximum atomic E-state index is 12.0. The average Bonchev–Trinajstić information content (AvgIpc) is 2.83. The Labute approximate surface area is 142 Å². The number of rotatable bonds is 3. The van der Waals surface area contributed by atoms with Gasteiger partial charge >= 0.3 is 6.09 Å². The number of ether oxygens (including phenoxy) is 1. The van der Waals surface area contributed by atoms with E-state index in [0.717, 1.165) is 30.8 Å². The molecule has 24 heavy (non-hydrogen) atoms. The van der Waals surface area contributed by atoms with Gasteiger partial charge in [-0.25, -0.2) is 9.78 Å². The topological polar surface area (TPSA) is 79.0 Å². The van der Waals surface area contributed by atoms with E-state index in [1.165, 1.54) is 6.39 Å². The number of likely N-dealkylation sites (tertiary alicyclic amines) is 2. The second-order valence-corrected chi connectivity index (χ2v) is 7.78. The third-order valence-corrected chi connectivity index (χ3v) is 4.43. The molecule has 0 aromatic carbocycles. The largest absolute Gasteiger partial charge is 0.448 e. The van der Waals surface area contributed by atoms with E-state index in [9.17, 15) is 9.90 Å². The highest BCUT2D eigenvalue weighted by Crippen LogP contribution is 2.31. The molecule has 134 valence electrons. The molecule has 1 aromatic rings. The zero-order valence-electron chi connectivity index (χ0n) is 14.7. The lowest BCUT2D eigenvalue weighted by molar-refractivity contribution is 0.00621. The van der Waals surface area contributed by atoms with E-state index in [0.29, 0.717) is 26.2 Å². The molecule has 2 saturated heterocycles. The second-order valence-electron chi connectivity index (χ2n) is 7.78. The van der Waals surface area contributed by atoms with Crippen LogP contribution in [-0.4, -0.2) is 63.9 Å². The average molecular weight is 337 g/mol. The normalized spacial score (nSPS) is 23.2. The summed E-state index contributed by atoms with van der Waals surface area (Å²) in [7, 11) is 0.